The van der Waals surface area contributed by atoms with Gasteiger partial charge in [-0.2, -0.15) is 5.11 Å². The maximum absolute atomic E-state index is 13.4. The molecule has 0 unspecified atom stereocenters. The number of aromatic hydroxyl groups is 1. The lowest BCUT2D eigenvalue weighted by Crippen LogP contribution is -2.23. The van der Waals surface area contributed by atoms with Crippen LogP contribution in [-0.2, 0) is 0 Å². The summed E-state index contributed by atoms with van der Waals surface area (Å²) in [5.74, 6) is 0.631. The van der Waals surface area contributed by atoms with Crippen molar-refractivity contribution >= 4 is 23.6 Å². The summed E-state index contributed by atoms with van der Waals surface area (Å²) in [5, 5.41) is 19.3. The van der Waals surface area contributed by atoms with Crippen molar-refractivity contribution in [3.05, 3.63) is 94.0 Å². The van der Waals surface area contributed by atoms with E-state index in [9.17, 15) is 9.90 Å². The van der Waals surface area contributed by atoms with E-state index in [2.05, 4.69) is 10.2 Å². The number of methoxy groups -OCH3 is 2. The summed E-state index contributed by atoms with van der Waals surface area (Å²) in [6.45, 7) is 0. The van der Waals surface area contributed by atoms with Gasteiger partial charge in [-0.15, -0.1) is 5.11 Å². The third-order valence-corrected chi connectivity index (χ3v) is 5.26. The smallest absolute Gasteiger partial charge is 0.290 e. The van der Waals surface area contributed by atoms with Gasteiger partial charge >= 0.3 is 0 Å². The van der Waals surface area contributed by atoms with Gasteiger partial charge < -0.3 is 14.6 Å². The summed E-state index contributed by atoms with van der Waals surface area (Å²) in [6.07, 6.45) is 0. The van der Waals surface area contributed by atoms with E-state index >= 15 is 0 Å². The zero-order valence-electron chi connectivity index (χ0n) is 17.9. The summed E-state index contributed by atoms with van der Waals surface area (Å²) >= 11 is 5.64. The molecule has 1 heterocycles. The van der Waals surface area contributed by atoms with Gasteiger partial charge in [0.1, 0.15) is 11.5 Å². The lowest BCUT2D eigenvalue weighted by atomic mass is 10.2. The number of hydrogen-bond acceptors (Lipinski definition) is 7. The molecule has 166 valence electrons. The zero-order chi connectivity index (χ0) is 23.4. The quantitative estimate of drug-likeness (QED) is 0.303. The summed E-state index contributed by atoms with van der Waals surface area (Å²) in [6, 6.07) is 22.7. The van der Waals surface area contributed by atoms with E-state index in [0.717, 1.165) is 0 Å². The van der Waals surface area contributed by atoms with Crippen LogP contribution in [0.25, 0.3) is 11.4 Å². The second-order valence-electron chi connectivity index (χ2n) is 6.84. The van der Waals surface area contributed by atoms with Crippen LogP contribution >= 0.6 is 12.2 Å². The topological polar surface area (TPSA) is 90.3 Å². The monoisotopic (exact) mass is 460 g/mol. The largest absolute Gasteiger partial charge is 0.497 e. The number of para-hydroxylation sites is 2. The van der Waals surface area contributed by atoms with Crippen molar-refractivity contribution in [2.24, 2.45) is 10.2 Å². The van der Waals surface area contributed by atoms with Crippen molar-refractivity contribution in [3.63, 3.8) is 0 Å². The first-order chi connectivity index (χ1) is 16.0. The van der Waals surface area contributed by atoms with Crippen LogP contribution in [0.15, 0.2) is 93.9 Å². The Morgan fingerprint density at radius 1 is 0.818 bits per heavy atom. The van der Waals surface area contributed by atoms with Gasteiger partial charge in [-0.05, 0) is 60.7 Å². The first-order valence-corrected chi connectivity index (χ1v) is 10.3. The van der Waals surface area contributed by atoms with Gasteiger partial charge in [0.25, 0.3) is 5.56 Å². The first-order valence-electron chi connectivity index (χ1n) is 9.90. The molecule has 33 heavy (non-hydrogen) atoms. The summed E-state index contributed by atoms with van der Waals surface area (Å²) < 4.78 is 13.3. The van der Waals surface area contributed by atoms with E-state index < -0.39 is 11.4 Å². The maximum Gasteiger partial charge on any atom is 0.290 e. The van der Waals surface area contributed by atoms with Crippen LogP contribution in [-0.4, -0.2) is 28.5 Å². The molecule has 0 aliphatic carbocycles. The molecule has 9 heteroatoms. The molecule has 4 rings (SSSR count). The minimum Gasteiger partial charge on any atom is -0.497 e. The summed E-state index contributed by atoms with van der Waals surface area (Å²) in [7, 11) is 3.06. The van der Waals surface area contributed by atoms with E-state index in [1.54, 1.807) is 79.9 Å². The molecule has 0 aliphatic rings. The normalized spacial score (nSPS) is 11.0. The van der Waals surface area contributed by atoms with E-state index in [-0.39, 0.29) is 10.5 Å². The molecular weight excluding hydrogens is 440 g/mol. The van der Waals surface area contributed by atoms with Crippen LogP contribution in [0.2, 0.25) is 0 Å². The Morgan fingerprint density at radius 3 is 2.15 bits per heavy atom. The fourth-order valence-corrected chi connectivity index (χ4v) is 3.64. The van der Waals surface area contributed by atoms with Crippen LogP contribution in [0.3, 0.4) is 0 Å². The van der Waals surface area contributed by atoms with Crippen molar-refractivity contribution in [2.45, 2.75) is 0 Å². The Morgan fingerprint density at radius 2 is 1.48 bits per heavy atom. The van der Waals surface area contributed by atoms with Crippen LogP contribution in [0, 0.1) is 4.77 Å². The second kappa shape index (κ2) is 9.49. The predicted octanol–water partition coefficient (Wildman–Crippen LogP) is 5.50. The van der Waals surface area contributed by atoms with E-state index in [0.29, 0.717) is 28.6 Å². The van der Waals surface area contributed by atoms with Crippen molar-refractivity contribution in [1.82, 2.24) is 9.13 Å². The molecule has 0 saturated carbocycles. The predicted molar refractivity (Wildman–Crippen MR) is 128 cm³/mol. The SMILES string of the molecule is COc1ccc(-n2c(=O)c(N=Nc3ccccc3)c(O)n(-c3ccccc3OC)c2=S)cc1. The lowest BCUT2D eigenvalue weighted by Gasteiger charge is -2.17. The van der Waals surface area contributed by atoms with Crippen LogP contribution < -0.4 is 15.0 Å². The van der Waals surface area contributed by atoms with Gasteiger partial charge in [0.2, 0.25) is 11.6 Å². The number of ether oxygens (including phenoxy) is 2. The molecule has 0 radical (unpaired) electrons. The molecule has 0 spiro atoms. The Hall–Kier alpha value is -4.24. The van der Waals surface area contributed by atoms with Gasteiger partial charge in [0.05, 0.1) is 31.3 Å². The number of azo groups is 1. The van der Waals surface area contributed by atoms with Gasteiger partial charge in [-0.1, -0.05) is 30.3 Å². The average molecular weight is 461 g/mol. The molecule has 4 aromatic rings. The highest BCUT2D eigenvalue weighted by Gasteiger charge is 2.21. The Labute approximate surface area is 194 Å². The van der Waals surface area contributed by atoms with E-state index in [1.807, 2.05) is 6.07 Å². The highest BCUT2D eigenvalue weighted by Crippen LogP contribution is 2.32. The molecule has 1 N–H and O–H groups in total. The minimum absolute atomic E-state index is 0.0332. The fraction of sp³-hybridized carbons (Fsp3) is 0.0833. The molecule has 0 amide bonds. The molecule has 0 bridgehead atoms. The number of hydrogen-bond donors (Lipinski definition) is 1. The second-order valence-corrected chi connectivity index (χ2v) is 7.20. The van der Waals surface area contributed by atoms with Crippen molar-refractivity contribution < 1.29 is 14.6 Å². The van der Waals surface area contributed by atoms with Crippen LogP contribution in [0.1, 0.15) is 0 Å². The highest BCUT2D eigenvalue weighted by molar-refractivity contribution is 7.71. The van der Waals surface area contributed by atoms with Crippen LogP contribution in [0.4, 0.5) is 11.4 Å². The van der Waals surface area contributed by atoms with Crippen molar-refractivity contribution in [1.29, 1.82) is 0 Å². The van der Waals surface area contributed by atoms with Gasteiger partial charge in [0.15, 0.2) is 4.77 Å². The lowest BCUT2D eigenvalue weighted by molar-refractivity contribution is 0.402. The standard InChI is InChI=1S/C24H20N4O4S/c1-31-18-14-12-17(13-15-18)27-22(29)21(26-25-16-8-4-3-5-9-16)23(30)28(24(27)33)19-10-6-7-11-20(19)32-2/h3-15,30H,1-2H3. The maximum atomic E-state index is 13.4. The Balaban J connectivity index is 2.03. The van der Waals surface area contributed by atoms with Crippen molar-refractivity contribution in [3.8, 4) is 28.8 Å². The third-order valence-electron chi connectivity index (χ3n) is 4.89. The van der Waals surface area contributed by atoms with Gasteiger partial charge in [0, 0.05) is 0 Å². The fourth-order valence-electron chi connectivity index (χ4n) is 3.27. The molecule has 3 aromatic carbocycles. The minimum atomic E-state index is -0.617. The summed E-state index contributed by atoms with van der Waals surface area (Å²) in [5.41, 5.74) is 0.563. The number of aromatic nitrogens is 2. The zero-order valence-corrected chi connectivity index (χ0v) is 18.7. The molecule has 0 saturated heterocycles. The number of rotatable bonds is 6. The number of benzene rings is 3. The molecule has 1 aromatic heterocycles. The Kier molecular flexibility index (Phi) is 6.32. The molecule has 0 aliphatic heterocycles. The summed E-state index contributed by atoms with van der Waals surface area (Å²) in [4.78, 5) is 13.4. The third kappa shape index (κ3) is 4.26. The van der Waals surface area contributed by atoms with Gasteiger partial charge in [-0.25, -0.2) is 0 Å². The highest BCUT2D eigenvalue weighted by atomic mass is 32.1. The van der Waals surface area contributed by atoms with E-state index in [4.69, 9.17) is 21.7 Å². The van der Waals surface area contributed by atoms with Gasteiger partial charge in [-0.3, -0.25) is 13.9 Å². The molecule has 0 atom stereocenters. The molecule has 0 fully saturated rings. The average Bonchev–Trinajstić information content (AvgIpc) is 2.85. The number of nitrogens with zero attached hydrogens (tertiary/aromatic N) is 4. The molecule has 8 nitrogen and oxygen atoms in total. The first kappa shape index (κ1) is 22.0. The Bertz CT molecular complexity index is 1430. The van der Waals surface area contributed by atoms with E-state index in [1.165, 1.54) is 16.2 Å². The van der Waals surface area contributed by atoms with Crippen LogP contribution in [0.5, 0.6) is 17.4 Å². The van der Waals surface area contributed by atoms with Crippen molar-refractivity contribution in [2.75, 3.05) is 14.2 Å². The molecular formula is C24H20N4O4S.